The number of benzene rings is 3. The summed E-state index contributed by atoms with van der Waals surface area (Å²) in [5.74, 6) is -0.976. The number of ketones is 1. The van der Waals surface area contributed by atoms with Crippen LogP contribution < -0.4 is 10.3 Å². The zero-order valence-electron chi connectivity index (χ0n) is 23.9. The van der Waals surface area contributed by atoms with Crippen molar-refractivity contribution >= 4 is 22.7 Å². The van der Waals surface area contributed by atoms with E-state index in [1.807, 2.05) is 30.3 Å². The van der Waals surface area contributed by atoms with Crippen molar-refractivity contribution in [2.24, 2.45) is 0 Å². The van der Waals surface area contributed by atoms with Crippen LogP contribution in [0.5, 0.6) is 17.2 Å². The highest BCUT2D eigenvalue weighted by Gasteiger charge is 2.45. The number of carbonyl (C=O) groups excluding carboxylic acids is 2. The fourth-order valence-electron chi connectivity index (χ4n) is 5.57. The molecule has 2 aliphatic rings. The Balaban J connectivity index is 0.000000168. The highest BCUT2D eigenvalue weighted by Crippen LogP contribution is 2.38. The number of hydrogen-bond acceptors (Lipinski definition) is 9. The highest BCUT2D eigenvalue weighted by molar-refractivity contribution is 6.12. The molecule has 0 radical (unpaired) electrons. The lowest BCUT2D eigenvalue weighted by atomic mass is 9.86. The molecule has 0 spiro atoms. The number of ether oxygens (including phenoxy) is 2. The molecule has 3 aromatic carbocycles. The second-order valence-corrected chi connectivity index (χ2v) is 10.5. The number of hydrogen-bond donors (Lipinski definition) is 3. The molecule has 0 fully saturated rings. The van der Waals surface area contributed by atoms with Gasteiger partial charge in [0.2, 0.25) is 0 Å². The second-order valence-electron chi connectivity index (χ2n) is 10.5. The number of cyclic esters (lactones) is 1. The van der Waals surface area contributed by atoms with Gasteiger partial charge in [-0.3, -0.25) is 9.59 Å². The maximum absolute atomic E-state index is 13.0. The molecule has 1 unspecified atom stereocenters. The quantitative estimate of drug-likeness (QED) is 0.200. The van der Waals surface area contributed by atoms with E-state index in [-0.39, 0.29) is 41.2 Å². The van der Waals surface area contributed by atoms with E-state index in [2.05, 4.69) is 0 Å². The Bertz CT molecular complexity index is 2030. The monoisotopic (exact) mass is 592 g/mol. The molecule has 4 heterocycles. The predicted octanol–water partition coefficient (Wildman–Crippen LogP) is 4.42. The SMILES string of the molecule is CCC1(O)C(=O)OCc2c1cc1n(c2=O)Cc2cc3ccccc3nc2-1.COc1ccc(C(=O)c2ccccc2O)c(O)c1. The van der Waals surface area contributed by atoms with Crippen LogP contribution in [0.3, 0.4) is 0 Å². The molecule has 2 aliphatic heterocycles. The number of phenolic OH excluding ortho intramolecular Hbond substituents is 2. The average Bonchev–Trinajstić information content (AvgIpc) is 3.39. The summed E-state index contributed by atoms with van der Waals surface area (Å²) in [5, 5.41) is 31.2. The zero-order valence-corrected chi connectivity index (χ0v) is 23.9. The fourth-order valence-corrected chi connectivity index (χ4v) is 5.57. The summed E-state index contributed by atoms with van der Waals surface area (Å²) in [6, 6.07) is 22.1. The van der Waals surface area contributed by atoms with E-state index in [0.717, 1.165) is 22.2 Å². The van der Waals surface area contributed by atoms with Crippen LogP contribution in [0, 0.1) is 0 Å². The topological polar surface area (TPSA) is 148 Å². The Hall–Kier alpha value is -5.48. The Morgan fingerprint density at radius 1 is 0.977 bits per heavy atom. The minimum absolute atomic E-state index is 0.110. The second kappa shape index (κ2) is 11.0. The predicted molar refractivity (Wildman–Crippen MR) is 161 cm³/mol. The summed E-state index contributed by atoms with van der Waals surface area (Å²) in [6.45, 7) is 2.01. The largest absolute Gasteiger partial charge is 0.507 e. The van der Waals surface area contributed by atoms with Gasteiger partial charge in [0, 0.05) is 22.6 Å². The van der Waals surface area contributed by atoms with Crippen molar-refractivity contribution in [2.75, 3.05) is 7.11 Å². The minimum atomic E-state index is -1.79. The Morgan fingerprint density at radius 3 is 2.43 bits per heavy atom. The number of rotatable bonds is 4. The number of esters is 1. The fraction of sp³-hybridized carbons (Fsp3) is 0.176. The number of para-hydroxylation sites is 2. The molecule has 0 saturated carbocycles. The lowest BCUT2D eigenvalue weighted by Gasteiger charge is -2.31. The van der Waals surface area contributed by atoms with Crippen molar-refractivity contribution in [3.8, 4) is 28.6 Å². The van der Waals surface area contributed by atoms with Crippen molar-refractivity contribution < 1.29 is 34.4 Å². The molecule has 0 amide bonds. The van der Waals surface area contributed by atoms with Crippen LogP contribution in [0.15, 0.2) is 83.7 Å². The molecular formula is C34H28N2O8. The molecule has 1 atom stereocenters. The molecule has 0 bridgehead atoms. The van der Waals surface area contributed by atoms with Gasteiger partial charge in [-0.25, -0.2) is 9.78 Å². The van der Waals surface area contributed by atoms with Crippen LogP contribution in [0.25, 0.3) is 22.3 Å². The van der Waals surface area contributed by atoms with E-state index in [1.54, 1.807) is 35.8 Å². The molecule has 7 rings (SSSR count). The summed E-state index contributed by atoms with van der Waals surface area (Å²) in [6.07, 6.45) is 0.139. The first-order valence-corrected chi connectivity index (χ1v) is 13.9. The Kier molecular flexibility index (Phi) is 7.14. The van der Waals surface area contributed by atoms with Gasteiger partial charge in [-0.15, -0.1) is 0 Å². The molecule has 0 saturated heterocycles. The van der Waals surface area contributed by atoms with Gasteiger partial charge in [-0.2, -0.15) is 0 Å². The van der Waals surface area contributed by atoms with E-state index in [9.17, 15) is 29.7 Å². The standard InChI is InChI=1S/C20H16N2O4.C14H12O4/c1-2-20(25)14-8-16-17-12(7-11-5-3-4-6-15(11)21-17)9-22(16)18(23)13(14)10-26-19(20)24;1-18-9-6-7-11(13(16)8-9)14(17)10-4-2-3-5-12(10)15/h3-8,25H,2,9-10H2,1H3;2-8,15-16H,1H3. The molecular weight excluding hydrogens is 564 g/mol. The number of nitrogens with zero attached hydrogens (tertiary/aromatic N) is 2. The molecule has 44 heavy (non-hydrogen) atoms. The van der Waals surface area contributed by atoms with Crippen molar-refractivity contribution in [1.29, 1.82) is 0 Å². The molecule has 5 aromatic rings. The number of carbonyl (C=O) groups is 2. The van der Waals surface area contributed by atoms with Gasteiger partial charge >= 0.3 is 5.97 Å². The first-order chi connectivity index (χ1) is 21.2. The van der Waals surface area contributed by atoms with Gasteiger partial charge in [-0.1, -0.05) is 37.3 Å². The first kappa shape index (κ1) is 28.6. The van der Waals surface area contributed by atoms with E-state index < -0.39 is 17.4 Å². The summed E-state index contributed by atoms with van der Waals surface area (Å²) in [4.78, 5) is 42.0. The number of methoxy groups -OCH3 is 1. The smallest absolute Gasteiger partial charge is 0.343 e. The van der Waals surface area contributed by atoms with Gasteiger partial charge in [0.05, 0.1) is 47.2 Å². The van der Waals surface area contributed by atoms with Crippen LogP contribution in [0.1, 0.15) is 46.0 Å². The van der Waals surface area contributed by atoms with Gasteiger partial charge in [-0.05, 0) is 48.9 Å². The van der Waals surface area contributed by atoms with E-state index in [0.29, 0.717) is 29.1 Å². The maximum Gasteiger partial charge on any atom is 0.343 e. The van der Waals surface area contributed by atoms with Crippen LogP contribution in [0.4, 0.5) is 0 Å². The minimum Gasteiger partial charge on any atom is -0.507 e. The van der Waals surface area contributed by atoms with Gasteiger partial charge in [0.1, 0.15) is 23.9 Å². The third kappa shape index (κ3) is 4.65. The Morgan fingerprint density at radius 2 is 1.70 bits per heavy atom. The van der Waals surface area contributed by atoms with Crippen molar-refractivity contribution in [3.05, 3.63) is 117 Å². The number of aliphatic hydroxyl groups is 1. The van der Waals surface area contributed by atoms with Crippen molar-refractivity contribution in [3.63, 3.8) is 0 Å². The Labute approximate surface area is 251 Å². The number of fused-ring (bicyclic) bond motifs is 5. The molecule has 222 valence electrons. The van der Waals surface area contributed by atoms with E-state index >= 15 is 0 Å². The summed E-state index contributed by atoms with van der Waals surface area (Å²) in [7, 11) is 1.47. The van der Waals surface area contributed by atoms with Gasteiger partial charge in [0.15, 0.2) is 11.4 Å². The maximum atomic E-state index is 13.0. The lowest BCUT2D eigenvalue weighted by molar-refractivity contribution is -0.172. The van der Waals surface area contributed by atoms with Crippen molar-refractivity contribution in [1.82, 2.24) is 9.55 Å². The van der Waals surface area contributed by atoms with Gasteiger partial charge < -0.3 is 29.4 Å². The van der Waals surface area contributed by atoms with Crippen LogP contribution in [-0.4, -0.2) is 43.7 Å². The van der Waals surface area contributed by atoms with E-state index in [4.69, 9.17) is 14.5 Å². The molecule has 10 heteroatoms. The molecule has 3 N–H and O–H groups in total. The highest BCUT2D eigenvalue weighted by atomic mass is 16.6. The van der Waals surface area contributed by atoms with Gasteiger partial charge in [0.25, 0.3) is 5.56 Å². The summed E-state index contributed by atoms with van der Waals surface area (Å²) >= 11 is 0. The number of phenols is 2. The molecule has 10 nitrogen and oxygen atoms in total. The molecule has 0 aliphatic carbocycles. The van der Waals surface area contributed by atoms with Crippen LogP contribution in [0.2, 0.25) is 0 Å². The average molecular weight is 593 g/mol. The number of aromatic hydroxyl groups is 2. The zero-order chi connectivity index (χ0) is 31.2. The summed E-state index contributed by atoms with van der Waals surface area (Å²) < 4.78 is 11.7. The molecule has 2 aromatic heterocycles. The first-order valence-electron chi connectivity index (χ1n) is 13.9. The van der Waals surface area contributed by atoms with Crippen molar-refractivity contribution in [2.45, 2.75) is 32.1 Å². The number of aromatic nitrogens is 2. The third-order valence-electron chi connectivity index (χ3n) is 8.01. The van der Waals surface area contributed by atoms with Crippen LogP contribution in [-0.2, 0) is 28.3 Å². The van der Waals surface area contributed by atoms with E-state index in [1.165, 1.54) is 31.4 Å². The third-order valence-corrected chi connectivity index (χ3v) is 8.01. The number of pyridine rings is 2. The summed E-state index contributed by atoms with van der Waals surface area (Å²) in [5.41, 5.74) is 2.09. The normalized spacial score (nSPS) is 16.2. The van der Waals surface area contributed by atoms with Crippen LogP contribution >= 0.6 is 0 Å². The lowest BCUT2D eigenvalue weighted by Crippen LogP contribution is -2.44.